The zero-order chi connectivity index (χ0) is 67.1. The summed E-state index contributed by atoms with van der Waals surface area (Å²) in [4.78, 5) is 122. The molecule has 0 aromatic heterocycles. The number of anilines is 2. The van der Waals surface area contributed by atoms with E-state index in [1.807, 2.05) is 6.92 Å². The number of aldehydes is 1. The number of methoxy groups -OCH3 is 2. The number of allylic oxidation sites excluding steroid dienone is 3. The molecule has 3 aliphatic heterocycles. The second-order valence-electron chi connectivity index (χ2n) is 23.4. The van der Waals surface area contributed by atoms with Crippen molar-refractivity contribution in [3.63, 3.8) is 0 Å². The molecule has 2 saturated heterocycles. The number of hydrogen-bond acceptors (Lipinski definition) is 17. The Bertz CT molecular complexity index is 3020. The van der Waals surface area contributed by atoms with E-state index in [4.69, 9.17) is 45.8 Å². The highest BCUT2D eigenvalue weighted by atomic mass is 79.9. The number of hydrogen-bond donors (Lipinski definition) is 7. The van der Waals surface area contributed by atoms with Gasteiger partial charge >= 0.3 is 24.1 Å². The van der Waals surface area contributed by atoms with Crippen molar-refractivity contribution in [1.82, 2.24) is 26.2 Å². The molecule has 12 atom stereocenters. The zero-order valence-corrected chi connectivity index (χ0v) is 56.2. The predicted molar refractivity (Wildman–Crippen MR) is 336 cm³/mol. The lowest BCUT2D eigenvalue weighted by Gasteiger charge is -2.42. The molecule has 7 amide bonds. The average molecular weight is 1420 g/mol. The average Bonchev–Trinajstić information content (AvgIpc) is 1.61. The van der Waals surface area contributed by atoms with Crippen molar-refractivity contribution in [2.75, 3.05) is 55.7 Å². The number of epoxide rings is 1. The molecule has 0 spiro atoms. The molecule has 2 aromatic carbocycles. The Kier molecular flexibility index (Phi) is 27.6. The number of esters is 2. The molecule has 24 nitrogen and oxygen atoms in total. The van der Waals surface area contributed by atoms with E-state index in [-0.39, 0.29) is 60.6 Å². The van der Waals surface area contributed by atoms with Crippen LogP contribution in [0, 0.1) is 29.4 Å². The van der Waals surface area contributed by atoms with E-state index in [1.54, 1.807) is 65.0 Å². The summed E-state index contributed by atoms with van der Waals surface area (Å²) >= 11 is 13.4. The molecule has 3 heterocycles. The predicted octanol–water partition coefficient (Wildman–Crippen LogP) is 6.67. The molecule has 90 heavy (non-hydrogen) atoms. The van der Waals surface area contributed by atoms with Gasteiger partial charge in [0.15, 0.2) is 5.72 Å². The third-order valence-electron chi connectivity index (χ3n) is 16.3. The van der Waals surface area contributed by atoms with Gasteiger partial charge in [0.2, 0.25) is 17.7 Å². The first-order chi connectivity index (χ1) is 42.4. The van der Waals surface area contributed by atoms with Crippen LogP contribution in [0.15, 0.2) is 48.1 Å². The van der Waals surface area contributed by atoms with Crippen LogP contribution >= 0.6 is 43.5 Å². The number of nitrogens with one attached hydrogen (secondary N) is 5. The maximum Gasteiger partial charge on any atom is 0.409 e. The molecular formula is C61H83Br2ClF2N8O16. The van der Waals surface area contributed by atoms with Crippen molar-refractivity contribution in [1.29, 1.82) is 0 Å². The minimum absolute atomic E-state index is 0.0351. The maximum atomic E-state index is 16.2. The summed E-state index contributed by atoms with van der Waals surface area (Å²) in [6.07, 6.45) is 0.527. The van der Waals surface area contributed by atoms with Gasteiger partial charge in [-0.25, -0.2) is 23.2 Å². The number of alkyl halides is 2. The number of halogens is 5. The van der Waals surface area contributed by atoms with Crippen molar-refractivity contribution in [3.05, 3.63) is 75.9 Å². The van der Waals surface area contributed by atoms with Gasteiger partial charge in [-0.1, -0.05) is 88.0 Å². The van der Waals surface area contributed by atoms with Gasteiger partial charge in [0, 0.05) is 56.8 Å². The molecule has 0 aliphatic carbocycles. The van der Waals surface area contributed by atoms with Crippen LogP contribution in [0.25, 0.3) is 0 Å². The summed E-state index contributed by atoms with van der Waals surface area (Å²) in [5.74, 6) is -8.97. The number of ether oxygens (including phenoxy) is 6. The monoisotopic (exact) mass is 1410 g/mol. The lowest BCUT2D eigenvalue weighted by molar-refractivity contribution is -0.158. The Morgan fingerprint density at radius 2 is 1.69 bits per heavy atom. The number of alkyl carbamates (subject to hydrolysis) is 1. The highest BCUT2D eigenvalue weighted by molar-refractivity contribution is 9.09. The molecule has 0 radical (unpaired) electrons. The molecule has 2 fully saturated rings. The molecule has 3 aliphatic rings. The first-order valence-electron chi connectivity index (χ1n) is 29.4. The van der Waals surface area contributed by atoms with Gasteiger partial charge in [-0.3, -0.25) is 34.6 Å². The second kappa shape index (κ2) is 33.3. The summed E-state index contributed by atoms with van der Waals surface area (Å²) in [7, 11) is 5.38. The number of urea groups is 1. The van der Waals surface area contributed by atoms with Gasteiger partial charge in [-0.15, -0.1) is 0 Å². The van der Waals surface area contributed by atoms with Crippen molar-refractivity contribution < 1.29 is 85.5 Å². The normalized spacial score (nSPS) is 24.5. The highest BCUT2D eigenvalue weighted by Gasteiger charge is 2.64. The molecule has 498 valence electrons. The lowest BCUT2D eigenvalue weighted by atomic mass is 9.83. The number of primary amides is 1. The van der Waals surface area contributed by atoms with E-state index in [9.17, 15) is 48.3 Å². The summed E-state index contributed by atoms with van der Waals surface area (Å²) in [6, 6.07) is -1.28. The summed E-state index contributed by atoms with van der Waals surface area (Å²) in [5.41, 5.74) is 1.96. The summed E-state index contributed by atoms with van der Waals surface area (Å²) < 4.78 is 67.2. The number of carbonyl (C=O) groups is 9. The fraction of sp³-hybridized carbons (Fsp3) is 0.590. The molecular weight excluding hydrogens is 1330 g/mol. The smallest absolute Gasteiger partial charge is 0.409 e. The van der Waals surface area contributed by atoms with Crippen LogP contribution in [-0.4, -0.2) is 176 Å². The maximum absolute atomic E-state index is 16.2. The van der Waals surface area contributed by atoms with E-state index in [0.29, 0.717) is 53.9 Å². The number of rotatable bonds is 26. The number of nitrogens with zero attached hydrogens (tertiary/aromatic N) is 2. The van der Waals surface area contributed by atoms with Gasteiger partial charge in [0.05, 0.1) is 60.7 Å². The molecule has 2 aromatic rings. The third-order valence-corrected chi connectivity index (χ3v) is 18.2. The Morgan fingerprint density at radius 1 is 1.00 bits per heavy atom. The number of benzene rings is 2. The van der Waals surface area contributed by atoms with Gasteiger partial charge in [0.1, 0.15) is 64.7 Å². The molecule has 5 rings (SSSR count). The summed E-state index contributed by atoms with van der Waals surface area (Å²) in [6.45, 7) is 11.5. The van der Waals surface area contributed by atoms with Crippen molar-refractivity contribution in [2.24, 2.45) is 23.5 Å². The number of amides is 7. The quantitative estimate of drug-likeness (QED) is 0.0129. The molecule has 4 bridgehead atoms. The number of carbonyl (C=O) groups excluding carboxylic acids is 9. The fourth-order valence-electron chi connectivity index (χ4n) is 10.6. The Balaban J connectivity index is 1.36. The van der Waals surface area contributed by atoms with E-state index < -0.39 is 149 Å². The molecule has 29 heteroatoms. The highest BCUT2D eigenvalue weighted by Crippen LogP contribution is 2.49. The fourth-order valence-corrected chi connectivity index (χ4v) is 12.5. The van der Waals surface area contributed by atoms with E-state index in [0.717, 1.165) is 17.5 Å². The van der Waals surface area contributed by atoms with E-state index in [2.05, 4.69) is 58.4 Å². The zero-order valence-electron chi connectivity index (χ0n) is 52.3. The van der Waals surface area contributed by atoms with Gasteiger partial charge in [-0.2, -0.15) is 0 Å². The van der Waals surface area contributed by atoms with Crippen LogP contribution in [-0.2, 0) is 58.9 Å². The Morgan fingerprint density at radius 3 is 2.31 bits per heavy atom. The Hall–Kier alpha value is -6.30. The molecule has 2 unspecified atom stereocenters. The molecule has 0 saturated carbocycles. The van der Waals surface area contributed by atoms with Crippen LogP contribution < -0.4 is 42.0 Å². The van der Waals surface area contributed by atoms with Crippen LogP contribution in [0.4, 0.5) is 29.7 Å². The van der Waals surface area contributed by atoms with Crippen molar-refractivity contribution in [3.8, 4) is 5.75 Å². The minimum Gasteiger partial charge on any atom is -0.495 e. The van der Waals surface area contributed by atoms with Crippen LogP contribution in [0.1, 0.15) is 109 Å². The van der Waals surface area contributed by atoms with E-state index >= 15 is 8.78 Å². The minimum atomic E-state index is -1.97. The summed E-state index contributed by atoms with van der Waals surface area (Å²) in [5, 5.41) is 25.6. The van der Waals surface area contributed by atoms with Crippen molar-refractivity contribution >= 4 is 109 Å². The first-order valence-corrected chi connectivity index (χ1v) is 32.0. The van der Waals surface area contributed by atoms with Crippen LogP contribution in [0.2, 0.25) is 5.02 Å². The number of nitrogens with two attached hydrogens (primary N) is 1. The Labute approximate surface area is 544 Å². The van der Waals surface area contributed by atoms with Gasteiger partial charge in [0.25, 0.3) is 5.91 Å². The van der Waals surface area contributed by atoms with E-state index in [1.165, 1.54) is 33.1 Å². The van der Waals surface area contributed by atoms with Gasteiger partial charge < -0.3 is 69.8 Å². The molecule has 8 N–H and O–H groups in total. The largest absolute Gasteiger partial charge is 0.495 e. The first kappa shape index (κ1) is 74.4. The number of fused-ring (bicyclic) bond motifs is 5. The number of aliphatic hydroxyl groups is 1. The lowest BCUT2D eigenvalue weighted by Crippen LogP contribution is -2.63. The van der Waals surface area contributed by atoms with Gasteiger partial charge in [-0.05, 0) is 95.9 Å². The number of likely N-dealkylation sites (N-methyl/N-ethyl adjacent to an activating group) is 1. The topological polar surface area (TPSA) is 325 Å². The SMILES string of the molecule is COc1cc2cc(c1Cl)N(C)C(=O)C[C@H](OC(=O)[C@H](C)N(C)C(=O)c1cc(F)c(NC(=O)[C@H](CCCNC(N)=O)NC(=O)[C@@H](NC(C=O)CCCC(C)OC(=O)C(CBr)CBr)C(C)C)cc1F)[C@]1(C)O[C@H]1[C@H](C)[C@@H]1C[C@@](O)(NC(=O)O1)[C@H](OC)/C=C/C=C(\C)C2. The standard InChI is InChI=1S/C61H83Br2ClF2N8O16/c1-31(2)51(69-38(30-75)17-13-16-33(4)87-57(81)37(28-62)29-63)54(78)70-42(18-14-20-68-58(67)82)53(77)71-43-25-40(65)39(24-41(43)66)55(79)73(8)35(6)56(80)89-48-26-49(76)74(9)44-22-36(23-45(85-10)50(44)64)21-32(3)15-12-19-47(86-11)61(84)27-46(88-59(83)72-61)34(5)52-60(48,7)90-52/h12,15,19,22-25,30-31,33-35,37-38,42,46-48,51-52,69,84H,13-14,16-18,20-21,26-29H2,1-11H3,(H,70,78)(H,71,77)(H,72,83)(H3,67,68,82)/b19-12+,32-15+/t33?,34-,35+,38?,42+,46+,47-,48+,51+,52+,60+,61+/m1/s1. The third kappa shape index (κ3) is 19.4. The van der Waals surface area contributed by atoms with Crippen LogP contribution in [0.5, 0.6) is 5.75 Å². The van der Waals surface area contributed by atoms with Crippen LogP contribution in [0.3, 0.4) is 0 Å². The van der Waals surface area contributed by atoms with Crippen molar-refractivity contribution in [2.45, 2.75) is 166 Å². The second-order valence-corrected chi connectivity index (χ2v) is 25.1.